The van der Waals surface area contributed by atoms with Crippen LogP contribution in [0.4, 0.5) is 5.69 Å². The van der Waals surface area contributed by atoms with Crippen molar-refractivity contribution in [3.8, 4) is 0 Å². The molecule has 1 N–H and O–H groups in total. The van der Waals surface area contributed by atoms with Crippen molar-refractivity contribution in [1.82, 2.24) is 4.90 Å². The average Bonchev–Trinajstić information content (AvgIpc) is 3.12. The fraction of sp³-hybridized carbons (Fsp3) is 0.450. The van der Waals surface area contributed by atoms with E-state index in [0.29, 0.717) is 5.56 Å². The Morgan fingerprint density at radius 1 is 1.37 bits per heavy atom. The highest BCUT2D eigenvalue weighted by Crippen LogP contribution is 2.54. The average molecular weight is 368 g/mol. The molecule has 0 amide bonds. The number of hydrogen-bond acceptors (Lipinski definition) is 6. The van der Waals surface area contributed by atoms with Gasteiger partial charge in [-0.25, -0.2) is 4.79 Å². The van der Waals surface area contributed by atoms with E-state index < -0.39 is 22.6 Å². The maximum absolute atomic E-state index is 12.8. The van der Waals surface area contributed by atoms with Gasteiger partial charge in [-0.1, -0.05) is 30.7 Å². The van der Waals surface area contributed by atoms with E-state index in [2.05, 4.69) is 11.0 Å². The van der Waals surface area contributed by atoms with Gasteiger partial charge in [0, 0.05) is 30.2 Å². The van der Waals surface area contributed by atoms with Crippen LogP contribution in [0.25, 0.3) is 0 Å². The number of fused-ring (bicyclic) bond motifs is 3. The fourth-order valence-electron chi connectivity index (χ4n) is 5.28. The molecule has 0 saturated carbocycles. The minimum Gasteiger partial charge on any atom is -0.449 e. The van der Waals surface area contributed by atoms with Gasteiger partial charge in [-0.15, -0.1) is 0 Å². The van der Waals surface area contributed by atoms with Crippen molar-refractivity contribution in [2.45, 2.75) is 49.5 Å². The molecule has 7 heteroatoms. The monoisotopic (exact) mass is 368 g/mol. The van der Waals surface area contributed by atoms with Gasteiger partial charge in [0.25, 0.3) is 5.69 Å². The van der Waals surface area contributed by atoms with Crippen molar-refractivity contribution in [1.29, 1.82) is 0 Å². The van der Waals surface area contributed by atoms with Gasteiger partial charge in [0.05, 0.1) is 16.5 Å². The smallest absolute Gasteiger partial charge is 0.338 e. The number of ether oxygens (including phenoxy) is 1. The van der Waals surface area contributed by atoms with E-state index in [0.717, 1.165) is 37.8 Å². The lowest BCUT2D eigenvalue weighted by atomic mass is 9.78. The zero-order valence-electron chi connectivity index (χ0n) is 14.7. The minimum absolute atomic E-state index is 0.114. The molecule has 1 aromatic carbocycles. The van der Waals surface area contributed by atoms with Crippen LogP contribution in [0, 0.1) is 10.1 Å². The van der Waals surface area contributed by atoms with E-state index >= 15 is 0 Å². The molecule has 4 aliphatic rings. The van der Waals surface area contributed by atoms with Crippen LogP contribution >= 0.6 is 0 Å². The number of benzene rings is 1. The van der Waals surface area contributed by atoms with Gasteiger partial charge in [-0.3, -0.25) is 15.0 Å². The van der Waals surface area contributed by atoms with Crippen LogP contribution in [-0.2, 0) is 9.53 Å². The lowest BCUT2D eigenvalue weighted by Gasteiger charge is -2.37. The van der Waals surface area contributed by atoms with E-state index in [1.54, 1.807) is 6.07 Å². The number of carbonyl (C=O) groups excluding carboxylic acids is 1. The summed E-state index contributed by atoms with van der Waals surface area (Å²) >= 11 is 0. The van der Waals surface area contributed by atoms with E-state index in [9.17, 15) is 20.0 Å². The Labute approximate surface area is 156 Å². The van der Waals surface area contributed by atoms with Crippen LogP contribution in [0.15, 0.2) is 47.6 Å². The molecule has 1 unspecified atom stereocenters. The highest BCUT2D eigenvalue weighted by Gasteiger charge is 2.62. The highest BCUT2D eigenvalue weighted by molar-refractivity contribution is 5.96. The van der Waals surface area contributed by atoms with E-state index in [-0.39, 0.29) is 23.3 Å². The first kappa shape index (κ1) is 16.6. The summed E-state index contributed by atoms with van der Waals surface area (Å²) in [6.07, 6.45) is 6.71. The third kappa shape index (κ3) is 2.25. The van der Waals surface area contributed by atoms with Crippen LogP contribution in [0.1, 0.15) is 37.4 Å². The summed E-state index contributed by atoms with van der Waals surface area (Å²) < 4.78 is 5.95. The molecule has 140 valence electrons. The molecule has 1 aliphatic carbocycles. The van der Waals surface area contributed by atoms with Gasteiger partial charge in [-0.05, 0) is 24.9 Å². The largest absolute Gasteiger partial charge is 0.449 e. The van der Waals surface area contributed by atoms with E-state index in [1.165, 1.54) is 18.2 Å². The molecule has 0 radical (unpaired) electrons. The Hall–Kier alpha value is -2.51. The summed E-state index contributed by atoms with van der Waals surface area (Å²) in [4.78, 5) is 25.8. The molecule has 27 heavy (non-hydrogen) atoms. The summed E-state index contributed by atoms with van der Waals surface area (Å²) in [5.74, 6) is -0.512. The van der Waals surface area contributed by atoms with Crippen molar-refractivity contribution in [2.75, 3.05) is 6.54 Å². The van der Waals surface area contributed by atoms with Crippen LogP contribution < -0.4 is 0 Å². The molecule has 1 aromatic rings. The zero-order valence-corrected chi connectivity index (χ0v) is 14.7. The van der Waals surface area contributed by atoms with Gasteiger partial charge in [0.15, 0.2) is 5.60 Å². The van der Waals surface area contributed by atoms with Crippen molar-refractivity contribution in [3.63, 3.8) is 0 Å². The van der Waals surface area contributed by atoms with Gasteiger partial charge in [-0.2, -0.15) is 0 Å². The van der Waals surface area contributed by atoms with Gasteiger partial charge >= 0.3 is 5.97 Å². The molecule has 3 heterocycles. The molecule has 2 fully saturated rings. The molecule has 0 aromatic heterocycles. The lowest BCUT2D eigenvalue weighted by Crippen LogP contribution is -2.48. The normalized spacial score (nSPS) is 32.9. The topological polar surface area (TPSA) is 92.9 Å². The fourth-order valence-corrected chi connectivity index (χ4v) is 5.28. The maximum Gasteiger partial charge on any atom is 0.338 e. The second-order valence-electron chi connectivity index (χ2n) is 7.74. The second-order valence-corrected chi connectivity index (χ2v) is 7.74. The number of aliphatic hydroxyl groups is 1. The molecule has 2 bridgehead atoms. The first-order valence-corrected chi connectivity index (χ1v) is 9.35. The Bertz CT molecular complexity index is 907. The van der Waals surface area contributed by atoms with Gasteiger partial charge in [0.1, 0.15) is 6.10 Å². The number of esters is 1. The molecule has 2 saturated heterocycles. The molecular weight excluding hydrogens is 348 g/mol. The standard InChI is InChI=1S/C20H20N2O5/c23-18(12-4-3-5-13(10-12)22(25)26)17-15-8-7-14-11-20(15,27-19(17)24)16-6-1-2-9-21(14)16/h3-5,7-8,10,14,16,18,23H,1-2,6,9,11H2/t14-,16-,18?,20+/m1/s1. The van der Waals surface area contributed by atoms with Crippen molar-refractivity contribution in [3.05, 3.63) is 63.2 Å². The zero-order chi connectivity index (χ0) is 18.8. The number of hydrogen-bond donors (Lipinski definition) is 1. The summed E-state index contributed by atoms with van der Waals surface area (Å²) in [6.45, 7) is 0.995. The molecule has 4 atom stereocenters. The summed E-state index contributed by atoms with van der Waals surface area (Å²) in [5.41, 5.74) is 0.495. The van der Waals surface area contributed by atoms with Crippen LogP contribution in [0.2, 0.25) is 0 Å². The first-order valence-electron chi connectivity index (χ1n) is 9.35. The van der Waals surface area contributed by atoms with Crippen molar-refractivity contribution in [2.24, 2.45) is 0 Å². The quantitative estimate of drug-likeness (QED) is 0.500. The van der Waals surface area contributed by atoms with Gasteiger partial charge in [0.2, 0.25) is 0 Å². The molecular formula is C20H20N2O5. The summed E-state index contributed by atoms with van der Waals surface area (Å²) in [5, 5.41) is 22.0. The number of carbonyl (C=O) groups is 1. The summed E-state index contributed by atoms with van der Waals surface area (Å²) in [7, 11) is 0. The lowest BCUT2D eigenvalue weighted by molar-refractivity contribution is -0.385. The minimum atomic E-state index is -1.24. The van der Waals surface area contributed by atoms with E-state index in [1.807, 2.05) is 6.08 Å². The number of nitro benzene ring substituents is 1. The summed E-state index contributed by atoms with van der Waals surface area (Å²) in [6, 6.07) is 6.20. The van der Waals surface area contributed by atoms with Crippen LogP contribution in [-0.4, -0.2) is 45.1 Å². The van der Waals surface area contributed by atoms with Crippen molar-refractivity contribution < 1.29 is 19.6 Å². The third-order valence-electron chi connectivity index (χ3n) is 6.42. The SMILES string of the molecule is O=C1O[C@@]23C[C@@H](C=CC2=C1C(O)c1cccc([N+](=O)[O-])c1)N1CCCC[C@@H]13. The first-order chi connectivity index (χ1) is 13.0. The molecule has 5 rings (SSSR count). The Kier molecular flexibility index (Phi) is 3.54. The number of nitrogens with zero attached hydrogens (tertiary/aromatic N) is 2. The molecule has 3 aliphatic heterocycles. The Morgan fingerprint density at radius 3 is 3.04 bits per heavy atom. The number of non-ortho nitro benzene ring substituents is 1. The van der Waals surface area contributed by atoms with Gasteiger partial charge < -0.3 is 9.84 Å². The second kappa shape index (κ2) is 5.74. The van der Waals surface area contributed by atoms with E-state index in [4.69, 9.17) is 4.74 Å². The number of piperidine rings is 1. The Morgan fingerprint density at radius 2 is 2.22 bits per heavy atom. The van der Waals surface area contributed by atoms with Crippen LogP contribution in [0.3, 0.4) is 0 Å². The number of nitro groups is 1. The number of aliphatic hydroxyl groups excluding tert-OH is 1. The predicted molar refractivity (Wildman–Crippen MR) is 95.8 cm³/mol. The number of rotatable bonds is 3. The highest BCUT2D eigenvalue weighted by atomic mass is 16.6. The third-order valence-corrected chi connectivity index (χ3v) is 6.42. The van der Waals surface area contributed by atoms with Crippen LogP contribution in [0.5, 0.6) is 0 Å². The molecule has 7 nitrogen and oxygen atoms in total. The van der Waals surface area contributed by atoms with Crippen molar-refractivity contribution >= 4 is 11.7 Å². The maximum atomic E-state index is 12.8. The predicted octanol–water partition coefficient (Wildman–Crippen LogP) is 2.42. The Balaban J connectivity index is 1.59. The molecule has 1 spiro atoms.